The Morgan fingerprint density at radius 3 is 2.61 bits per heavy atom. The first-order chi connectivity index (χ1) is 13.4. The summed E-state index contributed by atoms with van der Waals surface area (Å²) >= 11 is 4.93. The van der Waals surface area contributed by atoms with Crippen molar-refractivity contribution in [2.45, 2.75) is 63.0 Å². The number of halogens is 1. The van der Waals surface area contributed by atoms with Crippen LogP contribution in [-0.2, 0) is 11.3 Å². The Morgan fingerprint density at radius 1 is 1.29 bits per heavy atom. The molecule has 28 heavy (non-hydrogen) atoms. The number of benzene rings is 1. The van der Waals surface area contributed by atoms with E-state index in [-0.39, 0.29) is 17.2 Å². The SMILES string of the molecule is CCCCn1c(SC(C)C(=O)Nc2ccccc2Br)nnc1C(CC)N(C)C. The van der Waals surface area contributed by atoms with Crippen LogP contribution in [0.1, 0.15) is 51.9 Å². The molecule has 0 fully saturated rings. The molecule has 0 saturated carbocycles. The predicted octanol–water partition coefficient (Wildman–Crippen LogP) is 4.97. The summed E-state index contributed by atoms with van der Waals surface area (Å²) in [5.41, 5.74) is 0.770. The van der Waals surface area contributed by atoms with Crippen molar-refractivity contribution in [1.82, 2.24) is 19.7 Å². The van der Waals surface area contributed by atoms with Crippen molar-refractivity contribution < 1.29 is 4.79 Å². The first kappa shape index (κ1) is 22.9. The molecule has 0 saturated heterocycles. The van der Waals surface area contributed by atoms with Crippen LogP contribution < -0.4 is 5.32 Å². The zero-order valence-corrected chi connectivity index (χ0v) is 19.7. The van der Waals surface area contributed by atoms with Gasteiger partial charge in [0.25, 0.3) is 0 Å². The van der Waals surface area contributed by atoms with Crippen molar-refractivity contribution in [2.24, 2.45) is 0 Å². The number of thioether (sulfide) groups is 1. The smallest absolute Gasteiger partial charge is 0.237 e. The van der Waals surface area contributed by atoms with Gasteiger partial charge in [-0.2, -0.15) is 0 Å². The van der Waals surface area contributed by atoms with Gasteiger partial charge in [-0.25, -0.2) is 0 Å². The Bertz CT molecular complexity index is 780. The molecule has 2 aromatic rings. The van der Waals surface area contributed by atoms with E-state index in [2.05, 4.69) is 68.9 Å². The van der Waals surface area contributed by atoms with Gasteiger partial charge in [0.15, 0.2) is 11.0 Å². The standard InChI is InChI=1S/C20H30BrN5OS/c1-6-8-13-26-18(17(7-2)25(4)5)23-24-20(26)28-14(3)19(27)22-16-12-10-9-11-15(16)21/h9-12,14,17H,6-8,13H2,1-5H3,(H,22,27). The van der Waals surface area contributed by atoms with E-state index in [1.807, 2.05) is 31.2 Å². The van der Waals surface area contributed by atoms with Crippen molar-refractivity contribution >= 4 is 39.3 Å². The van der Waals surface area contributed by atoms with Gasteiger partial charge in [0.2, 0.25) is 5.91 Å². The van der Waals surface area contributed by atoms with Crippen LogP contribution in [0.4, 0.5) is 5.69 Å². The topological polar surface area (TPSA) is 63.1 Å². The van der Waals surface area contributed by atoms with E-state index in [0.29, 0.717) is 0 Å². The van der Waals surface area contributed by atoms with Crippen LogP contribution in [0.15, 0.2) is 33.9 Å². The van der Waals surface area contributed by atoms with E-state index in [1.54, 1.807) is 0 Å². The zero-order valence-electron chi connectivity index (χ0n) is 17.3. The lowest BCUT2D eigenvalue weighted by atomic mass is 10.2. The Balaban J connectivity index is 2.18. The number of unbranched alkanes of at least 4 members (excludes halogenated alkanes) is 1. The molecule has 1 amide bonds. The minimum absolute atomic E-state index is 0.0526. The number of para-hydroxylation sites is 1. The minimum atomic E-state index is -0.288. The highest BCUT2D eigenvalue weighted by atomic mass is 79.9. The van der Waals surface area contributed by atoms with Gasteiger partial charge in [-0.15, -0.1) is 10.2 Å². The molecule has 154 valence electrons. The van der Waals surface area contributed by atoms with Gasteiger partial charge in [-0.05, 0) is 61.9 Å². The van der Waals surface area contributed by atoms with Gasteiger partial charge in [-0.1, -0.05) is 44.2 Å². The second-order valence-corrected chi connectivity index (χ2v) is 9.13. The number of hydrogen-bond acceptors (Lipinski definition) is 5. The summed E-state index contributed by atoms with van der Waals surface area (Å²) in [5.74, 6) is 0.921. The first-order valence-electron chi connectivity index (χ1n) is 9.70. The van der Waals surface area contributed by atoms with Crippen LogP contribution in [0.25, 0.3) is 0 Å². The summed E-state index contributed by atoms with van der Waals surface area (Å²) in [6.45, 7) is 7.10. The number of hydrogen-bond donors (Lipinski definition) is 1. The molecule has 2 unspecified atom stereocenters. The molecular weight excluding hydrogens is 438 g/mol. The van der Waals surface area contributed by atoms with Crippen LogP contribution in [0, 0.1) is 0 Å². The normalized spacial score (nSPS) is 13.5. The highest BCUT2D eigenvalue weighted by molar-refractivity contribution is 9.10. The van der Waals surface area contributed by atoms with E-state index < -0.39 is 0 Å². The number of rotatable bonds is 10. The molecule has 1 N–H and O–H groups in total. The van der Waals surface area contributed by atoms with Crippen LogP contribution >= 0.6 is 27.7 Å². The van der Waals surface area contributed by atoms with Crippen molar-refractivity contribution in [3.8, 4) is 0 Å². The lowest BCUT2D eigenvalue weighted by molar-refractivity contribution is -0.115. The van der Waals surface area contributed by atoms with Crippen molar-refractivity contribution in [1.29, 1.82) is 0 Å². The average molecular weight is 468 g/mol. The number of anilines is 1. The van der Waals surface area contributed by atoms with Gasteiger partial charge < -0.3 is 9.88 Å². The van der Waals surface area contributed by atoms with Crippen LogP contribution in [-0.4, -0.2) is 44.9 Å². The van der Waals surface area contributed by atoms with Crippen LogP contribution in [0.3, 0.4) is 0 Å². The quantitative estimate of drug-likeness (QED) is 0.499. The summed E-state index contributed by atoms with van der Waals surface area (Å²) in [4.78, 5) is 14.9. The molecule has 2 atom stereocenters. The molecule has 0 bridgehead atoms. The Labute approximate surface area is 180 Å². The summed E-state index contributed by atoms with van der Waals surface area (Å²) in [5, 5.41) is 12.4. The van der Waals surface area contributed by atoms with Crippen molar-refractivity contribution in [3.63, 3.8) is 0 Å². The molecular formula is C20H30BrN5OS. The average Bonchev–Trinajstić information content (AvgIpc) is 3.04. The van der Waals surface area contributed by atoms with Crippen LogP contribution in [0.2, 0.25) is 0 Å². The third-order valence-electron chi connectivity index (χ3n) is 4.57. The van der Waals surface area contributed by atoms with E-state index in [9.17, 15) is 4.79 Å². The van der Waals surface area contributed by atoms with Gasteiger partial charge in [0.05, 0.1) is 17.0 Å². The van der Waals surface area contributed by atoms with E-state index in [4.69, 9.17) is 0 Å². The highest BCUT2D eigenvalue weighted by Gasteiger charge is 2.24. The van der Waals surface area contributed by atoms with Gasteiger partial charge in [0.1, 0.15) is 0 Å². The molecule has 1 heterocycles. The first-order valence-corrected chi connectivity index (χ1v) is 11.4. The fourth-order valence-corrected chi connectivity index (χ4v) is 4.21. The number of amides is 1. The fraction of sp³-hybridized carbons (Fsp3) is 0.550. The molecule has 0 spiro atoms. The zero-order chi connectivity index (χ0) is 20.7. The number of carbonyl (C=O) groups is 1. The molecule has 1 aromatic carbocycles. The monoisotopic (exact) mass is 467 g/mol. The Hall–Kier alpha value is -1.38. The maximum absolute atomic E-state index is 12.7. The van der Waals surface area contributed by atoms with Gasteiger partial charge in [-0.3, -0.25) is 9.69 Å². The lowest BCUT2D eigenvalue weighted by Gasteiger charge is -2.23. The lowest BCUT2D eigenvalue weighted by Crippen LogP contribution is -2.24. The molecule has 0 aliphatic carbocycles. The van der Waals surface area contributed by atoms with E-state index in [1.165, 1.54) is 11.8 Å². The molecule has 1 aromatic heterocycles. The third kappa shape index (κ3) is 5.81. The summed E-state index contributed by atoms with van der Waals surface area (Å²) in [6, 6.07) is 7.82. The van der Waals surface area contributed by atoms with Crippen molar-refractivity contribution in [2.75, 3.05) is 19.4 Å². The molecule has 0 aliphatic heterocycles. The molecule has 6 nitrogen and oxygen atoms in total. The molecule has 8 heteroatoms. The van der Waals surface area contributed by atoms with E-state index in [0.717, 1.165) is 46.9 Å². The summed E-state index contributed by atoms with van der Waals surface area (Å²) in [6.07, 6.45) is 3.11. The minimum Gasteiger partial charge on any atom is -0.324 e. The second-order valence-electron chi connectivity index (χ2n) is 6.96. The Kier molecular flexibility index (Phi) is 8.98. The van der Waals surface area contributed by atoms with Crippen LogP contribution in [0.5, 0.6) is 0 Å². The number of aromatic nitrogens is 3. The molecule has 0 aliphatic rings. The fourth-order valence-electron chi connectivity index (χ4n) is 2.95. The summed E-state index contributed by atoms with van der Waals surface area (Å²) in [7, 11) is 4.13. The largest absolute Gasteiger partial charge is 0.324 e. The number of nitrogens with zero attached hydrogens (tertiary/aromatic N) is 4. The maximum atomic E-state index is 12.7. The third-order valence-corrected chi connectivity index (χ3v) is 6.34. The van der Waals surface area contributed by atoms with Crippen molar-refractivity contribution in [3.05, 3.63) is 34.6 Å². The number of nitrogens with one attached hydrogen (secondary N) is 1. The Morgan fingerprint density at radius 2 is 2.00 bits per heavy atom. The number of carbonyl (C=O) groups excluding carboxylic acids is 1. The molecule has 2 rings (SSSR count). The van der Waals surface area contributed by atoms with E-state index >= 15 is 0 Å². The highest BCUT2D eigenvalue weighted by Crippen LogP contribution is 2.29. The molecule has 0 radical (unpaired) electrons. The van der Waals surface area contributed by atoms with Gasteiger partial charge >= 0.3 is 0 Å². The maximum Gasteiger partial charge on any atom is 0.237 e. The second kappa shape index (κ2) is 11.0. The predicted molar refractivity (Wildman–Crippen MR) is 120 cm³/mol. The summed E-state index contributed by atoms with van der Waals surface area (Å²) < 4.78 is 3.05. The van der Waals surface area contributed by atoms with Gasteiger partial charge in [0, 0.05) is 11.0 Å².